The summed E-state index contributed by atoms with van der Waals surface area (Å²) in [5.74, 6) is 0.860. The van der Waals surface area contributed by atoms with Gasteiger partial charge in [0.2, 0.25) is 0 Å². The fraction of sp³-hybridized carbons (Fsp3) is 0.733. The summed E-state index contributed by atoms with van der Waals surface area (Å²) >= 11 is 0. The smallest absolute Gasteiger partial charge is 0.0351 e. The van der Waals surface area contributed by atoms with Crippen LogP contribution in [0.4, 0.5) is 0 Å². The van der Waals surface area contributed by atoms with Crippen molar-refractivity contribution in [2.45, 2.75) is 65.7 Å². The predicted octanol–water partition coefficient (Wildman–Crippen LogP) is 5.51. The van der Waals surface area contributed by atoms with Crippen molar-refractivity contribution < 1.29 is 0 Å². The van der Waals surface area contributed by atoms with Gasteiger partial charge in [0.05, 0.1) is 0 Å². The topological polar surface area (TPSA) is 0 Å². The molecule has 0 bridgehead atoms. The number of allylic oxidation sites excluding steroid dienone is 4. The molecule has 88 valence electrons. The van der Waals surface area contributed by atoms with E-state index in [-0.39, 0.29) is 0 Å². The maximum absolute atomic E-state index is 2.36. The summed E-state index contributed by atoms with van der Waals surface area (Å²) in [6, 6.07) is 0. The largest absolute Gasteiger partial charge is 0.0917 e. The average molecular weight is 208 g/mol. The summed E-state index contributed by atoms with van der Waals surface area (Å²) in [6.07, 6.45) is 18.3. The van der Waals surface area contributed by atoms with Gasteiger partial charge in [-0.3, -0.25) is 0 Å². The van der Waals surface area contributed by atoms with E-state index in [1.54, 1.807) is 0 Å². The number of rotatable bonds is 9. The van der Waals surface area contributed by atoms with E-state index >= 15 is 0 Å². The Kier molecular flexibility index (Phi) is 11.2. The Morgan fingerprint density at radius 2 is 1.33 bits per heavy atom. The number of unbranched alkanes of at least 4 members (excludes halogenated alkanes) is 4. The standard InChI is InChI=1S/C15H28/c1-4-5-6-7-8-9-10-11-12-13-14-15(2)3/h4-5,10-11,15H,6-9,12-14H2,1-3H3. The van der Waals surface area contributed by atoms with Crippen LogP contribution in [0.1, 0.15) is 65.7 Å². The van der Waals surface area contributed by atoms with Gasteiger partial charge in [-0.25, -0.2) is 0 Å². The first-order valence-corrected chi connectivity index (χ1v) is 6.53. The fourth-order valence-corrected chi connectivity index (χ4v) is 1.57. The molecule has 0 N–H and O–H groups in total. The van der Waals surface area contributed by atoms with Crippen molar-refractivity contribution in [3.05, 3.63) is 24.3 Å². The maximum Gasteiger partial charge on any atom is -0.0351 e. The highest BCUT2D eigenvalue weighted by Crippen LogP contribution is 2.07. The first kappa shape index (κ1) is 14.5. The van der Waals surface area contributed by atoms with Crippen LogP contribution < -0.4 is 0 Å². The quantitative estimate of drug-likeness (QED) is 0.346. The highest BCUT2D eigenvalue weighted by Gasteiger charge is 1.90. The van der Waals surface area contributed by atoms with Gasteiger partial charge in [0.25, 0.3) is 0 Å². The van der Waals surface area contributed by atoms with Crippen LogP contribution in [0.25, 0.3) is 0 Å². The second-order valence-corrected chi connectivity index (χ2v) is 4.65. The van der Waals surface area contributed by atoms with Gasteiger partial charge in [-0.2, -0.15) is 0 Å². The Balaban J connectivity index is 3.10. The maximum atomic E-state index is 2.36. The summed E-state index contributed by atoms with van der Waals surface area (Å²) in [5.41, 5.74) is 0. The molecule has 0 amide bonds. The third-order valence-corrected chi connectivity index (χ3v) is 2.55. The molecule has 0 radical (unpaired) electrons. The van der Waals surface area contributed by atoms with Gasteiger partial charge in [0.15, 0.2) is 0 Å². The molecule has 0 heterocycles. The van der Waals surface area contributed by atoms with Gasteiger partial charge < -0.3 is 0 Å². The Hall–Kier alpha value is -0.520. The molecule has 0 aromatic rings. The van der Waals surface area contributed by atoms with Crippen molar-refractivity contribution in [2.75, 3.05) is 0 Å². The van der Waals surface area contributed by atoms with E-state index in [9.17, 15) is 0 Å². The lowest BCUT2D eigenvalue weighted by molar-refractivity contribution is 0.559. The van der Waals surface area contributed by atoms with E-state index in [1.165, 1.54) is 44.9 Å². The molecule has 0 saturated heterocycles. The third-order valence-electron chi connectivity index (χ3n) is 2.55. The highest BCUT2D eigenvalue weighted by atomic mass is 14.0. The zero-order valence-electron chi connectivity index (χ0n) is 10.8. The first-order chi connectivity index (χ1) is 7.27. The van der Waals surface area contributed by atoms with E-state index in [0.29, 0.717) is 0 Å². The summed E-state index contributed by atoms with van der Waals surface area (Å²) in [7, 11) is 0. The molecule has 0 aromatic carbocycles. The minimum atomic E-state index is 0.860. The molecule has 0 aliphatic rings. The molecule has 0 rings (SSSR count). The van der Waals surface area contributed by atoms with Crippen molar-refractivity contribution in [1.29, 1.82) is 0 Å². The molecule has 15 heavy (non-hydrogen) atoms. The van der Waals surface area contributed by atoms with Gasteiger partial charge >= 0.3 is 0 Å². The predicted molar refractivity (Wildman–Crippen MR) is 71.1 cm³/mol. The summed E-state index contributed by atoms with van der Waals surface area (Å²) in [4.78, 5) is 0. The van der Waals surface area contributed by atoms with Gasteiger partial charge in [-0.15, -0.1) is 0 Å². The van der Waals surface area contributed by atoms with E-state index < -0.39 is 0 Å². The molecule has 0 aliphatic carbocycles. The monoisotopic (exact) mass is 208 g/mol. The molecule has 0 aliphatic heterocycles. The molecule has 0 fully saturated rings. The van der Waals surface area contributed by atoms with Gasteiger partial charge in [0.1, 0.15) is 0 Å². The lowest BCUT2D eigenvalue weighted by atomic mass is 10.1. The fourth-order valence-electron chi connectivity index (χ4n) is 1.57. The SMILES string of the molecule is CC=CCCCCC=CCCCC(C)C. The Labute approximate surface area is 96.5 Å². The molecule has 0 atom stereocenters. The number of hydrogen-bond donors (Lipinski definition) is 0. The van der Waals surface area contributed by atoms with Crippen molar-refractivity contribution in [3.8, 4) is 0 Å². The Morgan fingerprint density at radius 1 is 0.800 bits per heavy atom. The average Bonchev–Trinajstić information content (AvgIpc) is 2.20. The summed E-state index contributed by atoms with van der Waals surface area (Å²) in [6.45, 7) is 6.69. The molecule has 0 saturated carbocycles. The van der Waals surface area contributed by atoms with E-state index in [0.717, 1.165) is 5.92 Å². The van der Waals surface area contributed by atoms with Crippen molar-refractivity contribution in [3.63, 3.8) is 0 Å². The van der Waals surface area contributed by atoms with Crippen molar-refractivity contribution in [1.82, 2.24) is 0 Å². The van der Waals surface area contributed by atoms with Gasteiger partial charge in [-0.05, 0) is 51.4 Å². The minimum Gasteiger partial charge on any atom is -0.0917 e. The Morgan fingerprint density at radius 3 is 1.87 bits per heavy atom. The van der Waals surface area contributed by atoms with Crippen LogP contribution in [0.2, 0.25) is 0 Å². The minimum absolute atomic E-state index is 0.860. The lowest BCUT2D eigenvalue weighted by Crippen LogP contribution is -1.84. The molecular formula is C15H28. The third kappa shape index (κ3) is 13.5. The van der Waals surface area contributed by atoms with Crippen LogP contribution in [0.3, 0.4) is 0 Å². The second-order valence-electron chi connectivity index (χ2n) is 4.65. The van der Waals surface area contributed by atoms with Gasteiger partial charge in [0, 0.05) is 0 Å². The van der Waals surface area contributed by atoms with Crippen molar-refractivity contribution >= 4 is 0 Å². The van der Waals surface area contributed by atoms with Crippen LogP contribution in [0, 0.1) is 5.92 Å². The van der Waals surface area contributed by atoms with Crippen molar-refractivity contribution in [2.24, 2.45) is 5.92 Å². The zero-order valence-corrected chi connectivity index (χ0v) is 10.8. The van der Waals surface area contributed by atoms with Crippen LogP contribution in [-0.4, -0.2) is 0 Å². The summed E-state index contributed by atoms with van der Waals surface area (Å²) in [5, 5.41) is 0. The van der Waals surface area contributed by atoms with Gasteiger partial charge in [-0.1, -0.05) is 44.6 Å². The first-order valence-electron chi connectivity index (χ1n) is 6.53. The molecule has 0 nitrogen and oxygen atoms in total. The van der Waals surface area contributed by atoms with Crippen LogP contribution in [0.15, 0.2) is 24.3 Å². The second kappa shape index (κ2) is 11.6. The molecule has 0 aromatic heterocycles. The lowest BCUT2D eigenvalue weighted by Gasteiger charge is -2.00. The van der Waals surface area contributed by atoms with Crippen LogP contribution in [0.5, 0.6) is 0 Å². The zero-order chi connectivity index (χ0) is 11.4. The summed E-state index contributed by atoms with van der Waals surface area (Å²) < 4.78 is 0. The van der Waals surface area contributed by atoms with Crippen LogP contribution in [-0.2, 0) is 0 Å². The Bertz CT molecular complexity index is 163. The molecule has 0 heteroatoms. The van der Waals surface area contributed by atoms with E-state index in [1.807, 2.05) is 0 Å². The normalized spacial score (nSPS) is 12.3. The van der Waals surface area contributed by atoms with E-state index in [2.05, 4.69) is 45.1 Å². The molecule has 0 spiro atoms. The van der Waals surface area contributed by atoms with E-state index in [4.69, 9.17) is 0 Å². The highest BCUT2D eigenvalue weighted by molar-refractivity contribution is 4.82. The molecule has 0 unspecified atom stereocenters. The molecular weight excluding hydrogens is 180 g/mol. The number of hydrogen-bond acceptors (Lipinski definition) is 0. The van der Waals surface area contributed by atoms with Crippen LogP contribution >= 0.6 is 0 Å².